The van der Waals surface area contributed by atoms with Gasteiger partial charge in [0.05, 0.1) is 10.6 Å². The standard InChI is InChI=1S/C38H45N3O4S/c1-28(2)32-19-21-33(22-20-32)41(46(44,45)34-23-17-29(3)18-24-34)27-36(42)40(26-31-15-11-8-12-16-31)35(37(43)39-38(4,5)6)25-30-13-9-7-10-14-30/h7-24,28,35H,25-27H2,1-6H3,(H,39,43). The molecule has 4 rings (SSSR count). The maximum atomic E-state index is 14.6. The van der Waals surface area contributed by atoms with E-state index < -0.39 is 34.1 Å². The fourth-order valence-electron chi connectivity index (χ4n) is 5.18. The van der Waals surface area contributed by atoms with Gasteiger partial charge in [-0.3, -0.25) is 13.9 Å². The summed E-state index contributed by atoms with van der Waals surface area (Å²) in [6, 6.07) is 31.9. The van der Waals surface area contributed by atoms with E-state index in [1.807, 2.05) is 100 Å². The molecule has 0 spiro atoms. The van der Waals surface area contributed by atoms with E-state index in [4.69, 9.17) is 0 Å². The van der Waals surface area contributed by atoms with Crippen LogP contribution in [0.1, 0.15) is 62.8 Å². The van der Waals surface area contributed by atoms with E-state index in [9.17, 15) is 18.0 Å². The van der Waals surface area contributed by atoms with Crippen LogP contribution in [0.3, 0.4) is 0 Å². The Morgan fingerprint density at radius 2 is 1.30 bits per heavy atom. The highest BCUT2D eigenvalue weighted by atomic mass is 32.2. The Kier molecular flexibility index (Phi) is 11.1. The third kappa shape index (κ3) is 9.07. The second-order valence-electron chi connectivity index (χ2n) is 13.0. The molecule has 2 amide bonds. The number of carbonyl (C=O) groups excluding carboxylic acids is 2. The fourth-order valence-corrected chi connectivity index (χ4v) is 6.59. The highest BCUT2D eigenvalue weighted by Gasteiger charge is 2.35. The molecule has 242 valence electrons. The third-order valence-corrected chi connectivity index (χ3v) is 9.49. The number of aryl methyl sites for hydroxylation is 1. The average molecular weight is 640 g/mol. The molecular weight excluding hydrogens is 595 g/mol. The second kappa shape index (κ2) is 14.8. The minimum absolute atomic E-state index is 0.0831. The van der Waals surface area contributed by atoms with Gasteiger partial charge in [-0.1, -0.05) is 104 Å². The van der Waals surface area contributed by atoms with Crippen LogP contribution in [0.5, 0.6) is 0 Å². The lowest BCUT2D eigenvalue weighted by atomic mass is 10.0. The number of sulfonamides is 1. The molecule has 0 saturated heterocycles. The molecule has 4 aromatic carbocycles. The summed E-state index contributed by atoms with van der Waals surface area (Å²) in [5.41, 5.74) is 3.51. The van der Waals surface area contributed by atoms with Gasteiger partial charge >= 0.3 is 0 Å². The molecule has 0 heterocycles. The zero-order chi connectivity index (χ0) is 33.5. The van der Waals surface area contributed by atoms with Crippen LogP contribution in [-0.4, -0.2) is 43.3 Å². The molecule has 7 nitrogen and oxygen atoms in total. The Morgan fingerprint density at radius 1 is 0.761 bits per heavy atom. The van der Waals surface area contributed by atoms with Crippen molar-refractivity contribution >= 4 is 27.5 Å². The summed E-state index contributed by atoms with van der Waals surface area (Å²) in [5, 5.41) is 3.06. The van der Waals surface area contributed by atoms with Crippen molar-refractivity contribution in [3.63, 3.8) is 0 Å². The first-order valence-corrected chi connectivity index (χ1v) is 17.1. The molecule has 0 aliphatic rings. The number of rotatable bonds is 12. The molecule has 4 aromatic rings. The van der Waals surface area contributed by atoms with Gasteiger partial charge in [0.15, 0.2) is 0 Å². The summed E-state index contributed by atoms with van der Waals surface area (Å²) in [4.78, 5) is 30.2. The second-order valence-corrected chi connectivity index (χ2v) is 14.9. The van der Waals surface area contributed by atoms with Gasteiger partial charge in [0.2, 0.25) is 11.8 Å². The maximum Gasteiger partial charge on any atom is 0.264 e. The van der Waals surface area contributed by atoms with Gasteiger partial charge in [0.25, 0.3) is 10.0 Å². The van der Waals surface area contributed by atoms with E-state index in [1.165, 1.54) is 4.90 Å². The fraction of sp³-hybridized carbons (Fsp3) is 0.316. The third-order valence-electron chi connectivity index (χ3n) is 7.70. The number of anilines is 1. The summed E-state index contributed by atoms with van der Waals surface area (Å²) >= 11 is 0. The number of amides is 2. The average Bonchev–Trinajstić information content (AvgIpc) is 3.01. The van der Waals surface area contributed by atoms with E-state index in [0.717, 1.165) is 26.6 Å². The number of hydrogen-bond donors (Lipinski definition) is 1. The van der Waals surface area contributed by atoms with Crippen LogP contribution in [-0.2, 0) is 32.6 Å². The van der Waals surface area contributed by atoms with Crippen molar-refractivity contribution in [2.45, 2.75) is 76.9 Å². The van der Waals surface area contributed by atoms with Gasteiger partial charge in [-0.2, -0.15) is 0 Å². The molecule has 0 saturated carbocycles. The largest absolute Gasteiger partial charge is 0.350 e. The number of hydrogen-bond acceptors (Lipinski definition) is 4. The van der Waals surface area contributed by atoms with Crippen molar-refractivity contribution < 1.29 is 18.0 Å². The van der Waals surface area contributed by atoms with E-state index in [1.54, 1.807) is 36.4 Å². The Bertz CT molecular complexity index is 1700. The number of benzene rings is 4. The minimum Gasteiger partial charge on any atom is -0.350 e. The lowest BCUT2D eigenvalue weighted by Gasteiger charge is -2.35. The van der Waals surface area contributed by atoms with Crippen molar-refractivity contribution in [2.24, 2.45) is 0 Å². The van der Waals surface area contributed by atoms with Gasteiger partial charge in [0, 0.05) is 18.5 Å². The SMILES string of the molecule is Cc1ccc(S(=O)(=O)N(CC(=O)N(Cc2ccccc2)C(Cc2ccccc2)C(=O)NC(C)(C)C)c2ccc(C(C)C)cc2)cc1. The molecular formula is C38H45N3O4S. The number of carbonyl (C=O) groups is 2. The lowest BCUT2D eigenvalue weighted by molar-refractivity contribution is -0.140. The van der Waals surface area contributed by atoms with Gasteiger partial charge in [-0.05, 0) is 74.6 Å². The molecule has 8 heteroatoms. The van der Waals surface area contributed by atoms with Crippen molar-refractivity contribution in [3.05, 3.63) is 131 Å². The Hall–Kier alpha value is -4.43. The molecule has 1 unspecified atom stereocenters. The molecule has 0 aliphatic carbocycles. The molecule has 0 fully saturated rings. The van der Waals surface area contributed by atoms with E-state index in [-0.39, 0.29) is 29.7 Å². The van der Waals surface area contributed by atoms with Gasteiger partial charge in [0.1, 0.15) is 12.6 Å². The van der Waals surface area contributed by atoms with Crippen LogP contribution >= 0.6 is 0 Å². The van der Waals surface area contributed by atoms with Gasteiger partial charge in [-0.15, -0.1) is 0 Å². The minimum atomic E-state index is -4.15. The molecule has 1 atom stereocenters. The normalized spacial score (nSPS) is 12.4. The summed E-state index contributed by atoms with van der Waals surface area (Å²) < 4.78 is 29.6. The van der Waals surface area contributed by atoms with Crippen LogP contribution in [0.4, 0.5) is 5.69 Å². The predicted octanol–water partition coefficient (Wildman–Crippen LogP) is 6.87. The molecule has 1 N–H and O–H groups in total. The number of nitrogens with one attached hydrogen (secondary N) is 1. The van der Waals surface area contributed by atoms with Crippen LogP contribution < -0.4 is 9.62 Å². The lowest BCUT2D eigenvalue weighted by Crippen LogP contribution is -2.56. The van der Waals surface area contributed by atoms with Crippen LogP contribution in [0.2, 0.25) is 0 Å². The topological polar surface area (TPSA) is 86.8 Å². The zero-order valence-corrected chi connectivity index (χ0v) is 28.4. The molecule has 0 bridgehead atoms. The van der Waals surface area contributed by atoms with Crippen molar-refractivity contribution in [2.75, 3.05) is 10.8 Å². The first-order valence-electron chi connectivity index (χ1n) is 15.6. The maximum absolute atomic E-state index is 14.6. The highest BCUT2D eigenvalue weighted by Crippen LogP contribution is 2.27. The van der Waals surface area contributed by atoms with E-state index in [2.05, 4.69) is 19.2 Å². The van der Waals surface area contributed by atoms with Crippen LogP contribution in [0, 0.1) is 6.92 Å². The van der Waals surface area contributed by atoms with Crippen molar-refractivity contribution in [3.8, 4) is 0 Å². The first-order chi connectivity index (χ1) is 21.7. The van der Waals surface area contributed by atoms with Crippen LogP contribution in [0.25, 0.3) is 0 Å². The predicted molar refractivity (Wildman–Crippen MR) is 185 cm³/mol. The number of nitrogens with zero attached hydrogens (tertiary/aromatic N) is 2. The summed E-state index contributed by atoms with van der Waals surface area (Å²) in [7, 11) is -4.15. The molecule has 0 aromatic heterocycles. The zero-order valence-electron chi connectivity index (χ0n) is 27.6. The molecule has 0 radical (unpaired) electrons. The Morgan fingerprint density at radius 3 is 1.83 bits per heavy atom. The Labute approximate surface area is 274 Å². The van der Waals surface area contributed by atoms with Crippen molar-refractivity contribution in [1.82, 2.24) is 10.2 Å². The first kappa shape index (κ1) is 34.4. The Balaban J connectivity index is 1.81. The highest BCUT2D eigenvalue weighted by molar-refractivity contribution is 7.92. The van der Waals surface area contributed by atoms with E-state index in [0.29, 0.717) is 5.69 Å². The smallest absolute Gasteiger partial charge is 0.264 e. The van der Waals surface area contributed by atoms with Crippen molar-refractivity contribution in [1.29, 1.82) is 0 Å². The quantitative estimate of drug-likeness (QED) is 0.183. The summed E-state index contributed by atoms with van der Waals surface area (Å²) in [6.07, 6.45) is 0.259. The molecule has 0 aliphatic heterocycles. The van der Waals surface area contributed by atoms with Gasteiger partial charge < -0.3 is 10.2 Å². The summed E-state index contributed by atoms with van der Waals surface area (Å²) in [5.74, 6) is -0.549. The molecule has 46 heavy (non-hydrogen) atoms. The monoisotopic (exact) mass is 639 g/mol. The summed E-state index contributed by atoms with van der Waals surface area (Å²) in [6.45, 7) is 11.3. The van der Waals surface area contributed by atoms with Crippen LogP contribution in [0.15, 0.2) is 114 Å². The van der Waals surface area contributed by atoms with E-state index >= 15 is 0 Å². The van der Waals surface area contributed by atoms with Gasteiger partial charge in [-0.25, -0.2) is 8.42 Å².